The van der Waals surface area contributed by atoms with Crippen LogP contribution in [-0.4, -0.2) is 11.4 Å². The molecular formula is C30H24N2. The summed E-state index contributed by atoms with van der Waals surface area (Å²) in [7, 11) is 0. The van der Waals surface area contributed by atoms with Gasteiger partial charge in [0, 0.05) is 24.0 Å². The molecule has 2 heteroatoms. The number of benzene rings is 4. The van der Waals surface area contributed by atoms with Crippen molar-refractivity contribution in [2.24, 2.45) is 9.98 Å². The van der Waals surface area contributed by atoms with Gasteiger partial charge in [-0.1, -0.05) is 84.9 Å². The quantitative estimate of drug-likeness (QED) is 0.331. The van der Waals surface area contributed by atoms with Gasteiger partial charge in [-0.3, -0.25) is 9.98 Å². The highest BCUT2D eigenvalue weighted by atomic mass is 14.9. The number of hydrogen-bond donors (Lipinski definition) is 0. The molecule has 2 heterocycles. The summed E-state index contributed by atoms with van der Waals surface area (Å²) >= 11 is 0. The monoisotopic (exact) mass is 412 g/mol. The molecule has 0 saturated heterocycles. The molecule has 32 heavy (non-hydrogen) atoms. The molecule has 0 N–H and O–H groups in total. The maximum absolute atomic E-state index is 5.14. The molecule has 2 nitrogen and oxygen atoms in total. The number of hydrogen-bond acceptors (Lipinski definition) is 2. The van der Waals surface area contributed by atoms with Crippen molar-refractivity contribution in [1.29, 1.82) is 0 Å². The Labute approximate surface area is 189 Å². The normalized spacial score (nSPS) is 14.1. The molecule has 0 aromatic heterocycles. The Morgan fingerprint density at radius 1 is 0.469 bits per heavy atom. The van der Waals surface area contributed by atoms with Crippen molar-refractivity contribution in [3.8, 4) is 22.3 Å². The summed E-state index contributed by atoms with van der Waals surface area (Å²) in [5.74, 6) is 0. The molecule has 0 bridgehead atoms. The summed E-state index contributed by atoms with van der Waals surface area (Å²) in [6.45, 7) is 4.33. The molecule has 2 aliphatic heterocycles. The number of aliphatic imine (C=N–C) groups is 2. The van der Waals surface area contributed by atoms with Gasteiger partial charge in [-0.05, 0) is 47.2 Å². The van der Waals surface area contributed by atoms with E-state index >= 15 is 0 Å². The highest BCUT2D eigenvalue weighted by Gasteiger charge is 2.27. The van der Waals surface area contributed by atoms with Crippen LogP contribution in [0.15, 0.2) is 94.9 Å². The average Bonchev–Trinajstić information content (AvgIpc) is 3.44. The highest BCUT2D eigenvalue weighted by molar-refractivity contribution is 6.46. The number of fused-ring (bicyclic) bond motifs is 2. The van der Waals surface area contributed by atoms with Crippen LogP contribution < -0.4 is 0 Å². The molecule has 6 rings (SSSR count). The third-order valence-electron chi connectivity index (χ3n) is 6.65. The van der Waals surface area contributed by atoms with Crippen LogP contribution in [0.1, 0.15) is 22.3 Å². The summed E-state index contributed by atoms with van der Waals surface area (Å²) in [6, 6.07) is 30.2. The van der Waals surface area contributed by atoms with Crippen molar-refractivity contribution in [2.45, 2.75) is 26.7 Å². The van der Waals surface area contributed by atoms with Crippen LogP contribution in [0.5, 0.6) is 0 Å². The number of nitrogens with zero attached hydrogens (tertiary/aromatic N) is 2. The highest BCUT2D eigenvalue weighted by Crippen LogP contribution is 2.42. The lowest BCUT2D eigenvalue weighted by molar-refractivity contribution is 1.37. The Morgan fingerprint density at radius 3 is 1.31 bits per heavy atom. The fourth-order valence-corrected chi connectivity index (χ4v) is 4.96. The summed E-state index contributed by atoms with van der Waals surface area (Å²) in [5, 5.41) is 0. The van der Waals surface area contributed by atoms with Gasteiger partial charge in [-0.2, -0.15) is 0 Å². The van der Waals surface area contributed by atoms with Gasteiger partial charge >= 0.3 is 0 Å². The zero-order valence-corrected chi connectivity index (χ0v) is 18.4. The lowest BCUT2D eigenvalue weighted by atomic mass is 9.95. The smallest absolute Gasteiger partial charge is 0.0748 e. The van der Waals surface area contributed by atoms with Gasteiger partial charge in [0.05, 0.1) is 22.8 Å². The molecule has 4 aromatic rings. The van der Waals surface area contributed by atoms with E-state index in [1.54, 1.807) is 0 Å². The minimum atomic E-state index is 0.849. The summed E-state index contributed by atoms with van der Waals surface area (Å²) in [6.07, 6.45) is 1.70. The third-order valence-corrected chi connectivity index (χ3v) is 6.65. The van der Waals surface area contributed by atoms with Gasteiger partial charge in [0.2, 0.25) is 0 Å². The summed E-state index contributed by atoms with van der Waals surface area (Å²) in [5.41, 5.74) is 14.5. The molecular weight excluding hydrogens is 388 g/mol. The van der Waals surface area contributed by atoms with E-state index in [0.717, 1.165) is 35.6 Å². The van der Waals surface area contributed by atoms with E-state index in [4.69, 9.17) is 9.98 Å². The summed E-state index contributed by atoms with van der Waals surface area (Å²) < 4.78 is 0. The third kappa shape index (κ3) is 3.03. The Balaban J connectivity index is 1.42. The van der Waals surface area contributed by atoms with Gasteiger partial charge in [0.15, 0.2) is 0 Å². The van der Waals surface area contributed by atoms with E-state index in [2.05, 4.69) is 98.8 Å². The minimum absolute atomic E-state index is 0.849. The van der Waals surface area contributed by atoms with Crippen molar-refractivity contribution < 1.29 is 0 Å². The van der Waals surface area contributed by atoms with Crippen LogP contribution in [0.25, 0.3) is 22.3 Å². The van der Waals surface area contributed by atoms with Gasteiger partial charge in [-0.25, -0.2) is 0 Å². The zero-order chi connectivity index (χ0) is 21.7. The average molecular weight is 413 g/mol. The van der Waals surface area contributed by atoms with Gasteiger partial charge in [0.1, 0.15) is 0 Å². The summed E-state index contributed by atoms with van der Waals surface area (Å²) in [4.78, 5) is 10.3. The first-order valence-electron chi connectivity index (χ1n) is 11.2. The Kier molecular flexibility index (Phi) is 4.39. The standard InChI is InChI=1S/C30H24N2/c1-19-9-3-5-13-23(19)25-15-7-11-21-17-27(31-29(21)25)28-18-22-12-8-16-26(30(22)32-28)24-14-6-4-10-20(24)2/h3-16H,17-18H2,1-2H3. The fraction of sp³-hybridized carbons (Fsp3) is 0.133. The second-order valence-electron chi connectivity index (χ2n) is 8.73. The predicted octanol–water partition coefficient (Wildman–Crippen LogP) is 7.59. The maximum atomic E-state index is 5.14. The van der Waals surface area contributed by atoms with Crippen LogP contribution in [0, 0.1) is 13.8 Å². The lowest BCUT2D eigenvalue weighted by Crippen LogP contribution is -2.13. The molecule has 2 aliphatic rings. The molecule has 4 aromatic carbocycles. The Hall–Kier alpha value is -3.78. The molecule has 0 fully saturated rings. The first-order chi connectivity index (χ1) is 15.7. The molecule has 0 amide bonds. The van der Waals surface area contributed by atoms with Gasteiger partial charge < -0.3 is 0 Å². The van der Waals surface area contributed by atoms with Crippen LogP contribution in [0.3, 0.4) is 0 Å². The lowest BCUT2D eigenvalue weighted by Gasteiger charge is -2.09. The zero-order valence-electron chi connectivity index (χ0n) is 18.4. The van der Waals surface area contributed by atoms with Crippen LogP contribution in [0.4, 0.5) is 11.4 Å². The van der Waals surface area contributed by atoms with E-state index in [1.807, 2.05) is 0 Å². The molecule has 0 aliphatic carbocycles. The topological polar surface area (TPSA) is 24.7 Å². The number of rotatable bonds is 3. The van der Waals surface area contributed by atoms with E-state index in [1.165, 1.54) is 44.5 Å². The molecule has 0 radical (unpaired) electrons. The van der Waals surface area contributed by atoms with Crippen molar-refractivity contribution in [2.75, 3.05) is 0 Å². The Bertz CT molecular complexity index is 1330. The fourth-order valence-electron chi connectivity index (χ4n) is 4.96. The molecule has 154 valence electrons. The van der Waals surface area contributed by atoms with Crippen LogP contribution in [0.2, 0.25) is 0 Å². The Morgan fingerprint density at radius 2 is 0.875 bits per heavy atom. The van der Waals surface area contributed by atoms with Crippen LogP contribution in [-0.2, 0) is 12.8 Å². The van der Waals surface area contributed by atoms with Gasteiger partial charge in [0.25, 0.3) is 0 Å². The number of para-hydroxylation sites is 2. The second-order valence-corrected chi connectivity index (χ2v) is 8.73. The second kappa shape index (κ2) is 7.42. The van der Waals surface area contributed by atoms with Crippen molar-refractivity contribution in [3.05, 3.63) is 107 Å². The van der Waals surface area contributed by atoms with E-state index in [0.29, 0.717) is 0 Å². The van der Waals surface area contributed by atoms with Crippen LogP contribution >= 0.6 is 0 Å². The SMILES string of the molecule is Cc1ccccc1-c1cccc2c1N=C(C1=Nc3c(cccc3-c3ccccc3C)C1)C2. The van der Waals surface area contributed by atoms with E-state index in [9.17, 15) is 0 Å². The molecule has 0 atom stereocenters. The van der Waals surface area contributed by atoms with Crippen molar-refractivity contribution in [3.63, 3.8) is 0 Å². The molecule has 0 unspecified atom stereocenters. The number of aryl methyl sites for hydroxylation is 2. The molecule has 0 spiro atoms. The van der Waals surface area contributed by atoms with Gasteiger partial charge in [-0.15, -0.1) is 0 Å². The molecule has 0 saturated carbocycles. The van der Waals surface area contributed by atoms with Crippen molar-refractivity contribution >= 4 is 22.8 Å². The first-order valence-corrected chi connectivity index (χ1v) is 11.2. The van der Waals surface area contributed by atoms with E-state index in [-0.39, 0.29) is 0 Å². The first kappa shape index (κ1) is 18.9. The maximum Gasteiger partial charge on any atom is 0.0748 e. The minimum Gasteiger partial charge on any atom is -0.250 e. The largest absolute Gasteiger partial charge is 0.250 e. The van der Waals surface area contributed by atoms with E-state index < -0.39 is 0 Å². The van der Waals surface area contributed by atoms with Crippen molar-refractivity contribution in [1.82, 2.24) is 0 Å². The predicted molar refractivity (Wildman–Crippen MR) is 135 cm³/mol.